The van der Waals surface area contributed by atoms with Crippen LogP contribution < -0.4 is 22.5 Å². The lowest BCUT2D eigenvalue weighted by atomic mass is 10.3. The molecule has 0 atom stereocenters. The maximum atomic E-state index is 5.33. The minimum Gasteiger partial charge on any atom is -0.317 e. The SMILES string of the molecule is CCCNCCC(N)(N)N. The molecule has 0 aliphatic rings. The Morgan fingerprint density at radius 2 is 1.80 bits per heavy atom. The van der Waals surface area contributed by atoms with E-state index in [2.05, 4.69) is 12.2 Å². The Morgan fingerprint density at radius 3 is 2.20 bits per heavy atom. The van der Waals surface area contributed by atoms with Crippen LogP contribution in [0.25, 0.3) is 0 Å². The summed E-state index contributed by atoms with van der Waals surface area (Å²) in [5.74, 6) is -1.01. The first-order valence-corrected chi connectivity index (χ1v) is 3.63. The Bertz CT molecular complexity index is 76.3. The van der Waals surface area contributed by atoms with Crippen LogP contribution in [0, 0.1) is 0 Å². The third-order valence-electron chi connectivity index (χ3n) is 1.16. The van der Waals surface area contributed by atoms with E-state index in [0.717, 1.165) is 19.5 Å². The summed E-state index contributed by atoms with van der Waals surface area (Å²) in [6, 6.07) is 0. The number of nitrogens with one attached hydrogen (secondary N) is 1. The molecule has 0 aliphatic heterocycles. The van der Waals surface area contributed by atoms with Gasteiger partial charge in [0.2, 0.25) is 0 Å². The van der Waals surface area contributed by atoms with E-state index in [9.17, 15) is 0 Å². The van der Waals surface area contributed by atoms with Gasteiger partial charge in [-0.15, -0.1) is 0 Å². The minimum atomic E-state index is -1.01. The first-order valence-electron chi connectivity index (χ1n) is 3.63. The van der Waals surface area contributed by atoms with Crippen LogP contribution in [0.1, 0.15) is 19.8 Å². The van der Waals surface area contributed by atoms with Gasteiger partial charge in [0.1, 0.15) is 5.79 Å². The fraction of sp³-hybridized carbons (Fsp3) is 1.00. The van der Waals surface area contributed by atoms with Crippen molar-refractivity contribution in [1.82, 2.24) is 5.32 Å². The topological polar surface area (TPSA) is 90.1 Å². The number of rotatable bonds is 5. The van der Waals surface area contributed by atoms with E-state index in [-0.39, 0.29) is 0 Å². The molecule has 0 rings (SSSR count). The summed E-state index contributed by atoms with van der Waals surface area (Å²) in [7, 11) is 0. The van der Waals surface area contributed by atoms with Crippen molar-refractivity contribution < 1.29 is 0 Å². The Morgan fingerprint density at radius 1 is 1.20 bits per heavy atom. The summed E-state index contributed by atoms with van der Waals surface area (Å²) >= 11 is 0. The highest BCUT2D eigenvalue weighted by Crippen LogP contribution is 1.84. The molecular formula is C6H18N4. The number of nitrogens with two attached hydrogens (primary N) is 3. The summed E-state index contributed by atoms with van der Waals surface area (Å²) in [6.45, 7) is 3.89. The summed E-state index contributed by atoms with van der Waals surface area (Å²) in [5.41, 5.74) is 16.0. The molecule has 0 aliphatic carbocycles. The van der Waals surface area contributed by atoms with Gasteiger partial charge in [-0.05, 0) is 19.5 Å². The second-order valence-electron chi connectivity index (χ2n) is 2.61. The van der Waals surface area contributed by atoms with E-state index in [0.29, 0.717) is 6.42 Å². The van der Waals surface area contributed by atoms with E-state index in [1.54, 1.807) is 0 Å². The van der Waals surface area contributed by atoms with Crippen LogP contribution in [0.5, 0.6) is 0 Å². The van der Waals surface area contributed by atoms with Crippen molar-refractivity contribution in [1.29, 1.82) is 0 Å². The van der Waals surface area contributed by atoms with Gasteiger partial charge in [-0.2, -0.15) is 0 Å². The Kier molecular flexibility index (Phi) is 4.55. The quantitative estimate of drug-likeness (QED) is 0.293. The molecule has 0 aromatic heterocycles. The van der Waals surface area contributed by atoms with Gasteiger partial charge in [0.15, 0.2) is 0 Å². The van der Waals surface area contributed by atoms with E-state index in [1.165, 1.54) is 0 Å². The van der Waals surface area contributed by atoms with Gasteiger partial charge in [0.05, 0.1) is 0 Å². The fourth-order valence-electron chi connectivity index (χ4n) is 0.607. The Labute approximate surface area is 62.1 Å². The molecule has 62 valence electrons. The molecule has 0 saturated carbocycles. The zero-order chi connectivity index (χ0) is 8.04. The van der Waals surface area contributed by atoms with Crippen molar-refractivity contribution in [3.8, 4) is 0 Å². The van der Waals surface area contributed by atoms with Crippen LogP contribution in [-0.2, 0) is 0 Å². The van der Waals surface area contributed by atoms with E-state index < -0.39 is 5.79 Å². The van der Waals surface area contributed by atoms with Gasteiger partial charge in [-0.1, -0.05) is 6.92 Å². The van der Waals surface area contributed by atoms with Crippen molar-refractivity contribution in [2.24, 2.45) is 17.2 Å². The molecule has 0 heterocycles. The first kappa shape index (κ1) is 9.84. The molecule has 0 fully saturated rings. The highest BCUT2D eigenvalue weighted by Gasteiger charge is 2.09. The predicted octanol–water partition coefficient (Wildman–Crippen LogP) is -1.09. The van der Waals surface area contributed by atoms with Crippen LogP contribution in [0.3, 0.4) is 0 Å². The lowest BCUT2D eigenvalue weighted by Gasteiger charge is -2.17. The lowest BCUT2D eigenvalue weighted by molar-refractivity contribution is 0.411. The van der Waals surface area contributed by atoms with Gasteiger partial charge >= 0.3 is 0 Å². The molecule has 0 amide bonds. The molecule has 0 spiro atoms. The van der Waals surface area contributed by atoms with Crippen molar-refractivity contribution in [3.63, 3.8) is 0 Å². The highest BCUT2D eigenvalue weighted by atomic mass is 15.1. The Hall–Kier alpha value is -0.160. The monoisotopic (exact) mass is 146 g/mol. The lowest BCUT2D eigenvalue weighted by Crippen LogP contribution is -2.59. The van der Waals surface area contributed by atoms with Gasteiger partial charge in [0.25, 0.3) is 0 Å². The van der Waals surface area contributed by atoms with E-state index in [4.69, 9.17) is 17.2 Å². The highest BCUT2D eigenvalue weighted by molar-refractivity contribution is 4.68. The van der Waals surface area contributed by atoms with Crippen molar-refractivity contribution in [2.45, 2.75) is 25.6 Å². The van der Waals surface area contributed by atoms with E-state index >= 15 is 0 Å². The molecule has 4 nitrogen and oxygen atoms in total. The molecule has 0 bridgehead atoms. The molecule has 10 heavy (non-hydrogen) atoms. The molecule has 0 aromatic rings. The number of hydrogen-bond donors (Lipinski definition) is 4. The van der Waals surface area contributed by atoms with Crippen LogP contribution in [0.2, 0.25) is 0 Å². The molecule has 0 unspecified atom stereocenters. The maximum Gasteiger partial charge on any atom is 0.117 e. The summed E-state index contributed by atoms with van der Waals surface area (Å²) in [5, 5.41) is 3.15. The van der Waals surface area contributed by atoms with Crippen molar-refractivity contribution in [3.05, 3.63) is 0 Å². The summed E-state index contributed by atoms with van der Waals surface area (Å²) < 4.78 is 0. The van der Waals surface area contributed by atoms with Crippen LogP contribution >= 0.6 is 0 Å². The minimum absolute atomic E-state index is 0.604. The average Bonchev–Trinajstić information content (AvgIpc) is 1.78. The molecule has 0 aromatic carbocycles. The van der Waals surface area contributed by atoms with Crippen molar-refractivity contribution in [2.75, 3.05) is 13.1 Å². The maximum absolute atomic E-state index is 5.33. The molecule has 0 saturated heterocycles. The smallest absolute Gasteiger partial charge is 0.117 e. The normalized spacial score (nSPS) is 12.0. The zero-order valence-electron chi connectivity index (χ0n) is 6.56. The van der Waals surface area contributed by atoms with Gasteiger partial charge in [0, 0.05) is 6.42 Å². The van der Waals surface area contributed by atoms with Crippen LogP contribution in [-0.4, -0.2) is 18.9 Å². The van der Waals surface area contributed by atoms with Crippen LogP contribution in [0.4, 0.5) is 0 Å². The molecule has 7 N–H and O–H groups in total. The van der Waals surface area contributed by atoms with Crippen LogP contribution in [0.15, 0.2) is 0 Å². The Balaban J connectivity index is 3.04. The zero-order valence-corrected chi connectivity index (χ0v) is 6.56. The third kappa shape index (κ3) is 7.84. The molecule has 4 heteroatoms. The van der Waals surface area contributed by atoms with E-state index in [1.807, 2.05) is 0 Å². The second-order valence-corrected chi connectivity index (χ2v) is 2.61. The predicted molar refractivity (Wildman–Crippen MR) is 43.1 cm³/mol. The average molecular weight is 146 g/mol. The second kappa shape index (κ2) is 4.62. The molecular weight excluding hydrogens is 128 g/mol. The largest absolute Gasteiger partial charge is 0.317 e. The van der Waals surface area contributed by atoms with Gasteiger partial charge in [-0.25, -0.2) is 0 Å². The standard InChI is InChI=1S/C6H18N4/c1-2-4-10-5-3-6(7,8)9/h10H,2-5,7-9H2,1H3. The third-order valence-corrected chi connectivity index (χ3v) is 1.16. The fourth-order valence-corrected chi connectivity index (χ4v) is 0.607. The summed E-state index contributed by atoms with van der Waals surface area (Å²) in [4.78, 5) is 0. The van der Waals surface area contributed by atoms with Gasteiger partial charge in [-0.3, -0.25) is 0 Å². The summed E-state index contributed by atoms with van der Waals surface area (Å²) in [6.07, 6.45) is 1.72. The van der Waals surface area contributed by atoms with Gasteiger partial charge < -0.3 is 22.5 Å². The van der Waals surface area contributed by atoms with Crippen molar-refractivity contribution >= 4 is 0 Å². The number of hydrogen-bond acceptors (Lipinski definition) is 4. The molecule has 0 radical (unpaired) electrons. The first-order chi connectivity index (χ1) is 4.56.